The minimum Gasteiger partial charge on any atom is -0.326 e. The molecule has 1 N–H and O–H groups in total. The van der Waals surface area contributed by atoms with Gasteiger partial charge in [0.15, 0.2) is 0 Å². The molecule has 2 nitrogen and oxygen atoms in total. The third kappa shape index (κ3) is 2.39. The van der Waals surface area contributed by atoms with Gasteiger partial charge in [0.1, 0.15) is 0 Å². The molecule has 0 aromatic heterocycles. The van der Waals surface area contributed by atoms with E-state index in [1.54, 1.807) is 0 Å². The molecule has 1 amide bonds. The van der Waals surface area contributed by atoms with E-state index in [4.69, 9.17) is 0 Å². The molecule has 1 aromatic rings. The van der Waals surface area contributed by atoms with Gasteiger partial charge < -0.3 is 5.32 Å². The summed E-state index contributed by atoms with van der Waals surface area (Å²) >= 11 is 2.26. The summed E-state index contributed by atoms with van der Waals surface area (Å²) in [4.78, 5) is 11.9. The van der Waals surface area contributed by atoms with Crippen LogP contribution in [0.15, 0.2) is 24.3 Å². The maximum atomic E-state index is 11.9. The molecule has 0 radical (unpaired) electrons. The largest absolute Gasteiger partial charge is 0.326 e. The van der Waals surface area contributed by atoms with E-state index in [0.717, 1.165) is 12.1 Å². The summed E-state index contributed by atoms with van der Waals surface area (Å²) in [6.45, 7) is 4.31. The van der Waals surface area contributed by atoms with Gasteiger partial charge in [-0.05, 0) is 58.7 Å². The smallest absolute Gasteiger partial charge is 0.228 e. The predicted octanol–water partition coefficient (Wildman–Crippen LogP) is 3.52. The van der Waals surface area contributed by atoms with Crippen molar-refractivity contribution in [3.05, 3.63) is 27.8 Å². The van der Waals surface area contributed by atoms with Crippen molar-refractivity contribution >= 4 is 34.2 Å². The summed E-state index contributed by atoms with van der Waals surface area (Å²) in [6.07, 6.45) is 1.10. The van der Waals surface area contributed by atoms with E-state index in [0.29, 0.717) is 11.8 Å². The molecule has 86 valence electrons. The van der Waals surface area contributed by atoms with E-state index >= 15 is 0 Å². The van der Waals surface area contributed by atoms with Crippen LogP contribution in [0.5, 0.6) is 0 Å². The second-order valence-corrected chi connectivity index (χ2v) is 5.70. The summed E-state index contributed by atoms with van der Waals surface area (Å²) in [7, 11) is 0. The molecule has 16 heavy (non-hydrogen) atoms. The quantitative estimate of drug-likeness (QED) is 0.845. The van der Waals surface area contributed by atoms with Crippen molar-refractivity contribution in [2.24, 2.45) is 17.8 Å². The highest BCUT2D eigenvalue weighted by Crippen LogP contribution is 2.48. The first-order chi connectivity index (χ1) is 7.63. The van der Waals surface area contributed by atoms with Gasteiger partial charge in [0.2, 0.25) is 5.91 Å². The first-order valence-electron chi connectivity index (χ1n) is 5.70. The summed E-state index contributed by atoms with van der Waals surface area (Å²) in [6, 6.07) is 7.91. The van der Waals surface area contributed by atoms with Gasteiger partial charge in [-0.1, -0.05) is 20.3 Å². The Bertz CT molecular complexity index is 387. The van der Waals surface area contributed by atoms with E-state index in [1.165, 1.54) is 3.57 Å². The molecule has 3 heteroatoms. The van der Waals surface area contributed by atoms with Crippen LogP contribution in [-0.2, 0) is 4.79 Å². The lowest BCUT2D eigenvalue weighted by atomic mass is 10.2. The van der Waals surface area contributed by atoms with Crippen LogP contribution >= 0.6 is 22.6 Å². The van der Waals surface area contributed by atoms with Crippen molar-refractivity contribution in [1.82, 2.24) is 0 Å². The molecule has 0 aliphatic heterocycles. The Balaban J connectivity index is 1.96. The minimum absolute atomic E-state index is 0.181. The number of hydrogen-bond donors (Lipinski definition) is 1. The van der Waals surface area contributed by atoms with Crippen LogP contribution in [0.3, 0.4) is 0 Å². The highest BCUT2D eigenvalue weighted by atomic mass is 127. The van der Waals surface area contributed by atoms with Crippen molar-refractivity contribution in [3.8, 4) is 0 Å². The molecule has 0 heterocycles. The van der Waals surface area contributed by atoms with Crippen LogP contribution in [0.4, 0.5) is 5.69 Å². The maximum Gasteiger partial charge on any atom is 0.228 e. The summed E-state index contributed by atoms with van der Waals surface area (Å²) in [5.74, 6) is 1.54. The SMILES string of the molecule is CC[C@@H]1[C@@H](C)[C@H]1C(=O)Nc1ccc(I)cc1. The lowest BCUT2D eigenvalue weighted by molar-refractivity contribution is -0.117. The summed E-state index contributed by atoms with van der Waals surface area (Å²) < 4.78 is 1.18. The Hall–Kier alpha value is -0.580. The van der Waals surface area contributed by atoms with Crippen molar-refractivity contribution in [3.63, 3.8) is 0 Å². The molecular weight excluding hydrogens is 313 g/mol. The number of anilines is 1. The zero-order valence-corrected chi connectivity index (χ0v) is 11.7. The van der Waals surface area contributed by atoms with Crippen LogP contribution in [0, 0.1) is 21.3 Å². The Labute approximate surface area is 110 Å². The fourth-order valence-corrected chi connectivity index (χ4v) is 2.72. The van der Waals surface area contributed by atoms with Crippen LogP contribution in [0.25, 0.3) is 0 Å². The number of carbonyl (C=O) groups is 1. The number of benzene rings is 1. The molecule has 0 unspecified atom stereocenters. The minimum atomic E-state index is 0.181. The topological polar surface area (TPSA) is 29.1 Å². The summed E-state index contributed by atoms with van der Waals surface area (Å²) in [5, 5.41) is 2.98. The Morgan fingerprint density at radius 1 is 1.38 bits per heavy atom. The average Bonchev–Trinajstić information content (AvgIpc) is 2.92. The first-order valence-corrected chi connectivity index (χ1v) is 6.77. The molecule has 1 fully saturated rings. The van der Waals surface area contributed by atoms with Gasteiger partial charge in [-0.2, -0.15) is 0 Å². The van der Waals surface area contributed by atoms with Crippen molar-refractivity contribution in [1.29, 1.82) is 0 Å². The second kappa shape index (κ2) is 4.73. The Morgan fingerprint density at radius 2 is 2.00 bits per heavy atom. The first kappa shape index (κ1) is 11.9. The monoisotopic (exact) mass is 329 g/mol. The van der Waals surface area contributed by atoms with Gasteiger partial charge >= 0.3 is 0 Å². The van der Waals surface area contributed by atoms with Gasteiger partial charge in [-0.15, -0.1) is 0 Å². The van der Waals surface area contributed by atoms with Crippen molar-refractivity contribution in [2.45, 2.75) is 20.3 Å². The van der Waals surface area contributed by atoms with Gasteiger partial charge in [0.05, 0.1) is 0 Å². The number of rotatable bonds is 3. The fraction of sp³-hybridized carbons (Fsp3) is 0.462. The number of nitrogens with one attached hydrogen (secondary N) is 1. The number of hydrogen-bond acceptors (Lipinski definition) is 1. The standard InChI is InChI=1S/C13H16INO/c1-3-11-8(2)12(11)13(16)15-10-6-4-9(14)5-7-10/h4-8,11-12H,3H2,1-2H3,(H,15,16)/t8-,11-,12-/m1/s1. The lowest BCUT2D eigenvalue weighted by Gasteiger charge is -2.04. The molecule has 0 saturated heterocycles. The van der Waals surface area contributed by atoms with Crippen LogP contribution < -0.4 is 5.32 Å². The van der Waals surface area contributed by atoms with E-state index in [-0.39, 0.29) is 11.8 Å². The molecule has 0 spiro atoms. The molecule has 0 bridgehead atoms. The van der Waals surface area contributed by atoms with E-state index < -0.39 is 0 Å². The van der Waals surface area contributed by atoms with Gasteiger partial charge in [-0.3, -0.25) is 4.79 Å². The van der Waals surface area contributed by atoms with E-state index in [2.05, 4.69) is 41.8 Å². The second-order valence-electron chi connectivity index (χ2n) is 4.45. The normalized spacial score (nSPS) is 27.6. The van der Waals surface area contributed by atoms with Crippen LogP contribution in [-0.4, -0.2) is 5.91 Å². The fourth-order valence-electron chi connectivity index (χ4n) is 2.36. The van der Waals surface area contributed by atoms with E-state index in [9.17, 15) is 4.79 Å². The third-order valence-corrected chi connectivity index (χ3v) is 4.17. The zero-order chi connectivity index (χ0) is 11.7. The molecule has 2 rings (SSSR count). The van der Waals surface area contributed by atoms with Gasteiger partial charge in [0, 0.05) is 15.2 Å². The Kier molecular flexibility index (Phi) is 3.52. The predicted molar refractivity (Wildman–Crippen MR) is 74.2 cm³/mol. The van der Waals surface area contributed by atoms with E-state index in [1.807, 2.05) is 24.3 Å². The maximum absolute atomic E-state index is 11.9. The molecule has 1 aromatic carbocycles. The Morgan fingerprint density at radius 3 is 2.50 bits per heavy atom. The number of amides is 1. The van der Waals surface area contributed by atoms with Crippen LogP contribution in [0.2, 0.25) is 0 Å². The van der Waals surface area contributed by atoms with Gasteiger partial charge in [-0.25, -0.2) is 0 Å². The van der Waals surface area contributed by atoms with Crippen LogP contribution in [0.1, 0.15) is 20.3 Å². The number of carbonyl (C=O) groups excluding carboxylic acids is 1. The number of halogens is 1. The molecule has 1 aliphatic carbocycles. The molecule has 1 aliphatic rings. The average molecular weight is 329 g/mol. The van der Waals surface area contributed by atoms with Gasteiger partial charge in [0.25, 0.3) is 0 Å². The highest BCUT2D eigenvalue weighted by molar-refractivity contribution is 14.1. The molecular formula is C13H16INO. The summed E-state index contributed by atoms with van der Waals surface area (Å²) in [5.41, 5.74) is 0.902. The van der Waals surface area contributed by atoms with Crippen molar-refractivity contribution < 1.29 is 4.79 Å². The lowest BCUT2D eigenvalue weighted by Crippen LogP contribution is -2.15. The highest BCUT2D eigenvalue weighted by Gasteiger charge is 2.49. The molecule has 3 atom stereocenters. The molecule has 1 saturated carbocycles. The van der Waals surface area contributed by atoms with Crippen molar-refractivity contribution in [2.75, 3.05) is 5.32 Å². The zero-order valence-electron chi connectivity index (χ0n) is 9.53. The third-order valence-electron chi connectivity index (χ3n) is 3.45.